The zero-order valence-electron chi connectivity index (χ0n) is 6.25. The summed E-state index contributed by atoms with van der Waals surface area (Å²) >= 11 is 5.82. The molecular weight excluding hydrogens is 223 g/mol. The summed E-state index contributed by atoms with van der Waals surface area (Å²) in [6, 6.07) is 8.54. The Labute approximate surface area is 78.4 Å². The van der Waals surface area contributed by atoms with Crippen molar-refractivity contribution in [3.8, 4) is 0 Å². The molecule has 0 bridgehead atoms. The first kappa shape index (κ1) is 8.86. The van der Waals surface area contributed by atoms with Gasteiger partial charge in [0.15, 0.2) is 0 Å². The van der Waals surface area contributed by atoms with E-state index in [1.807, 2.05) is 4.97 Å². The molecule has 2 heteroatoms. The summed E-state index contributed by atoms with van der Waals surface area (Å²) in [6.07, 6.45) is 0. The van der Waals surface area contributed by atoms with Crippen molar-refractivity contribution in [3.63, 3.8) is 0 Å². The van der Waals surface area contributed by atoms with Crippen LogP contribution in [0.1, 0.15) is 5.56 Å². The number of halogens is 1. The normalized spacial score (nSPS) is 10.7. The van der Waals surface area contributed by atoms with Crippen LogP contribution < -0.4 is 4.46 Å². The first-order chi connectivity index (χ1) is 5.33. The molecule has 0 spiro atoms. The third-order valence-corrected chi connectivity index (χ3v) is 3.45. The monoisotopic (exact) mass is 232 g/mol. The molecule has 1 rings (SSSR count). The van der Waals surface area contributed by atoms with Gasteiger partial charge in [0.2, 0.25) is 0 Å². The van der Waals surface area contributed by atoms with Crippen molar-refractivity contribution < 1.29 is 0 Å². The molecule has 0 amide bonds. The maximum atomic E-state index is 5.42. The van der Waals surface area contributed by atoms with Crippen LogP contribution in [0, 0.1) is 6.92 Å². The van der Waals surface area contributed by atoms with Gasteiger partial charge in [-0.25, -0.2) is 0 Å². The van der Waals surface area contributed by atoms with Gasteiger partial charge in [0.05, 0.1) is 0 Å². The molecule has 0 radical (unpaired) electrons. The van der Waals surface area contributed by atoms with E-state index in [0.717, 1.165) is 0 Å². The summed E-state index contributed by atoms with van der Waals surface area (Å²) in [6.45, 7) is 2.09. The first-order valence-corrected chi connectivity index (χ1v) is 5.59. The van der Waals surface area contributed by atoms with Crippen molar-refractivity contribution in [2.24, 2.45) is 0 Å². The Kier molecular flexibility index (Phi) is 3.71. The van der Waals surface area contributed by atoms with E-state index in [1.54, 1.807) is 5.54 Å². The second kappa shape index (κ2) is 4.61. The number of hydrogen-bond donors (Lipinski definition) is 0. The quantitative estimate of drug-likeness (QED) is 0.684. The van der Waals surface area contributed by atoms with E-state index >= 15 is 0 Å². The minimum atomic E-state index is 0.398. The second-order valence-electron chi connectivity index (χ2n) is 2.19. The zero-order chi connectivity index (χ0) is 8.10. The molecule has 0 saturated heterocycles. The topological polar surface area (TPSA) is 0 Å². The molecule has 0 fully saturated rings. The summed E-state index contributed by atoms with van der Waals surface area (Å²) in [7, 11) is 0. The van der Waals surface area contributed by atoms with Crippen molar-refractivity contribution in [1.29, 1.82) is 0 Å². The van der Waals surface area contributed by atoms with Crippen molar-refractivity contribution in [3.05, 3.63) is 40.3 Å². The summed E-state index contributed by atoms with van der Waals surface area (Å²) < 4.78 is 1.36. The average Bonchev–Trinajstić information content (AvgIpc) is 2.04. The Morgan fingerprint density at radius 1 is 1.27 bits per heavy atom. The Hall–Kier alpha value is -0.231. The van der Waals surface area contributed by atoms with Crippen molar-refractivity contribution in [1.82, 2.24) is 0 Å². The van der Waals surface area contributed by atoms with E-state index in [0.29, 0.717) is 15.0 Å². The molecule has 0 aromatic heterocycles. The van der Waals surface area contributed by atoms with Crippen LogP contribution in [-0.4, -0.2) is 15.0 Å². The standard InChI is InChI=1S/C9H9ClSe/c1-8-2-4-9(5-3-8)11-7-6-10/h2-7H,1H3/b7-6+. The molecule has 0 saturated carbocycles. The first-order valence-electron chi connectivity index (χ1n) is 3.31. The van der Waals surface area contributed by atoms with E-state index < -0.39 is 0 Å². The van der Waals surface area contributed by atoms with E-state index in [2.05, 4.69) is 31.2 Å². The molecule has 0 aliphatic heterocycles. The van der Waals surface area contributed by atoms with Gasteiger partial charge in [-0.1, -0.05) is 0 Å². The minimum absolute atomic E-state index is 0.398. The molecule has 0 unspecified atom stereocenters. The predicted octanol–water partition coefficient (Wildman–Crippen LogP) is 2.03. The molecule has 1 aromatic rings. The fourth-order valence-electron chi connectivity index (χ4n) is 0.721. The van der Waals surface area contributed by atoms with Gasteiger partial charge in [0.1, 0.15) is 0 Å². The van der Waals surface area contributed by atoms with Crippen LogP contribution in [0.5, 0.6) is 0 Å². The summed E-state index contributed by atoms with van der Waals surface area (Å²) in [5.41, 5.74) is 2.89. The Morgan fingerprint density at radius 3 is 2.45 bits per heavy atom. The van der Waals surface area contributed by atoms with Crippen LogP contribution in [0.3, 0.4) is 0 Å². The van der Waals surface area contributed by atoms with Crippen LogP contribution in [-0.2, 0) is 0 Å². The Balaban J connectivity index is 2.66. The van der Waals surface area contributed by atoms with Crippen LogP contribution in [0.2, 0.25) is 0 Å². The third kappa shape index (κ3) is 3.11. The molecule has 0 aliphatic carbocycles. The third-order valence-electron chi connectivity index (χ3n) is 1.28. The summed E-state index contributed by atoms with van der Waals surface area (Å²) in [4.78, 5) is 2.00. The van der Waals surface area contributed by atoms with E-state index in [9.17, 15) is 0 Å². The Bertz CT molecular complexity index is 238. The number of rotatable bonds is 2. The molecule has 0 atom stereocenters. The summed E-state index contributed by atoms with van der Waals surface area (Å²) in [5.74, 6) is 0. The van der Waals surface area contributed by atoms with Gasteiger partial charge in [-0.3, -0.25) is 0 Å². The fraction of sp³-hybridized carbons (Fsp3) is 0.111. The van der Waals surface area contributed by atoms with E-state index in [1.165, 1.54) is 10.0 Å². The molecule has 0 N–H and O–H groups in total. The maximum absolute atomic E-state index is 5.42. The van der Waals surface area contributed by atoms with Crippen LogP contribution >= 0.6 is 11.6 Å². The van der Waals surface area contributed by atoms with Crippen LogP contribution in [0.4, 0.5) is 0 Å². The van der Waals surface area contributed by atoms with Gasteiger partial charge >= 0.3 is 78.3 Å². The van der Waals surface area contributed by atoms with Gasteiger partial charge in [-0.05, 0) is 0 Å². The predicted molar refractivity (Wildman–Crippen MR) is 51.6 cm³/mol. The fourth-order valence-corrected chi connectivity index (χ4v) is 2.04. The van der Waals surface area contributed by atoms with Crippen molar-refractivity contribution in [2.75, 3.05) is 0 Å². The zero-order valence-corrected chi connectivity index (χ0v) is 8.72. The SMILES string of the molecule is Cc1ccc([Se]/C=C/Cl)cc1. The molecule has 0 nitrogen and oxygen atoms in total. The average molecular weight is 232 g/mol. The second-order valence-corrected chi connectivity index (χ2v) is 4.50. The van der Waals surface area contributed by atoms with Crippen molar-refractivity contribution in [2.45, 2.75) is 6.92 Å². The number of benzene rings is 1. The molecule has 0 aliphatic rings. The Morgan fingerprint density at radius 2 is 1.91 bits per heavy atom. The molecular formula is C9H9ClSe. The van der Waals surface area contributed by atoms with Gasteiger partial charge in [0, 0.05) is 0 Å². The van der Waals surface area contributed by atoms with Crippen molar-refractivity contribution >= 4 is 31.0 Å². The molecule has 0 heterocycles. The van der Waals surface area contributed by atoms with E-state index in [4.69, 9.17) is 11.6 Å². The van der Waals surface area contributed by atoms with Crippen LogP contribution in [0.25, 0.3) is 0 Å². The van der Waals surface area contributed by atoms with Gasteiger partial charge in [0.25, 0.3) is 0 Å². The van der Waals surface area contributed by atoms with Gasteiger partial charge in [-0.15, -0.1) is 0 Å². The number of aryl methyl sites for hydroxylation is 1. The number of hydrogen-bond acceptors (Lipinski definition) is 0. The molecule has 1 aromatic carbocycles. The van der Waals surface area contributed by atoms with Gasteiger partial charge < -0.3 is 0 Å². The van der Waals surface area contributed by atoms with E-state index in [-0.39, 0.29) is 0 Å². The van der Waals surface area contributed by atoms with Crippen LogP contribution in [0.15, 0.2) is 34.8 Å². The molecule has 11 heavy (non-hydrogen) atoms. The molecule has 58 valence electrons. The van der Waals surface area contributed by atoms with Gasteiger partial charge in [-0.2, -0.15) is 0 Å². The summed E-state index contributed by atoms with van der Waals surface area (Å²) in [5, 5.41) is 0.